The van der Waals surface area contributed by atoms with Crippen LogP contribution in [0.15, 0.2) is 218 Å². The van der Waals surface area contributed by atoms with Crippen LogP contribution in [0.4, 0.5) is 22.9 Å². The van der Waals surface area contributed by atoms with Crippen molar-refractivity contribution in [3.8, 4) is 45.3 Å². The minimum absolute atomic E-state index is 0.0391. The van der Waals surface area contributed by atoms with Crippen molar-refractivity contribution in [3.63, 3.8) is 0 Å². The molecule has 0 saturated carbocycles. The van der Waals surface area contributed by atoms with E-state index in [9.17, 15) is 0 Å². The van der Waals surface area contributed by atoms with Crippen molar-refractivity contribution in [2.24, 2.45) is 0 Å². The number of imidazole rings is 1. The molecule has 0 bridgehead atoms. The molecular weight excluding hydrogens is 1040 g/mol. The first kappa shape index (κ1) is 45.0. The molecule has 0 aliphatic carbocycles. The molecule has 0 spiro atoms. The summed E-state index contributed by atoms with van der Waals surface area (Å²) in [6.45, 7) is 13.7. The number of para-hydroxylation sites is 6. The predicted molar refractivity (Wildman–Crippen MR) is 287 cm³/mol. The van der Waals surface area contributed by atoms with Gasteiger partial charge < -0.3 is 0 Å². The topological polar surface area (TPSA) is 38.5 Å². The molecule has 70 heavy (non-hydrogen) atoms. The van der Waals surface area contributed by atoms with E-state index in [1.165, 1.54) is 22.3 Å². The molecule has 1 aliphatic heterocycles. The fraction of sp³-hybridized carbons (Fsp3) is 0.129. The Hall–Kier alpha value is -7.47. The molecule has 8 heteroatoms. The second-order valence-electron chi connectivity index (χ2n) is 20.0. The Balaban J connectivity index is 1.03. The van der Waals surface area contributed by atoms with Gasteiger partial charge in [0.05, 0.1) is 0 Å². The van der Waals surface area contributed by atoms with Gasteiger partial charge in [0, 0.05) is 5.69 Å². The van der Waals surface area contributed by atoms with Gasteiger partial charge >= 0.3 is 341 Å². The van der Waals surface area contributed by atoms with Gasteiger partial charge in [-0.15, -0.1) is 0 Å². The normalized spacial score (nSPS) is 12.7. The van der Waals surface area contributed by atoms with Crippen LogP contribution in [0.25, 0.3) is 44.7 Å². The van der Waals surface area contributed by atoms with E-state index in [0.717, 1.165) is 65.7 Å². The van der Waals surface area contributed by atoms with Crippen LogP contribution in [-0.2, 0) is 30.2 Å². The number of nitrogens with zero attached hydrogens (tertiary/aromatic N) is 5. The third-order valence-corrected chi connectivity index (χ3v) is 14.3. The third-order valence-electron chi connectivity index (χ3n) is 13.3. The van der Waals surface area contributed by atoms with Crippen molar-refractivity contribution in [1.82, 2.24) is 14.1 Å². The van der Waals surface area contributed by atoms with Crippen LogP contribution >= 0.6 is 0 Å². The quantitative estimate of drug-likeness (QED) is 0.135. The Morgan fingerprint density at radius 3 is 1.64 bits per heavy atom. The van der Waals surface area contributed by atoms with Crippen molar-refractivity contribution >= 4 is 46.4 Å². The van der Waals surface area contributed by atoms with Crippen LogP contribution in [0.5, 0.6) is 11.6 Å². The number of rotatable bonds is 9. The molecule has 0 radical (unpaired) electrons. The van der Waals surface area contributed by atoms with E-state index in [2.05, 4.69) is 280 Å². The molecular formula is C62H54BN5OPt. The van der Waals surface area contributed by atoms with Gasteiger partial charge in [0.15, 0.2) is 0 Å². The first-order valence-electron chi connectivity index (χ1n) is 24.0. The standard InChI is InChI=1S/C62H54BN5O.Pt/c1-61(2,3)46-39-45(40-47(41-46)62(4,5)6)53-32-21-31-52(44-23-10-7-11-24-44)60(53)66-43-65(54-33-16-17-34-55(54)66)50-29-20-30-51(42-50)69-59-38-22-37-58(64-59)68-57-36-19-18-35-56(57)67(49-27-14-9-15-28-49)63(68)48-25-12-8-13-26-48;/h7-42H,1-6H3;. The van der Waals surface area contributed by atoms with E-state index < -0.39 is 0 Å². The Morgan fingerprint density at radius 2 is 0.986 bits per heavy atom. The fourth-order valence-corrected chi connectivity index (χ4v) is 10.9. The summed E-state index contributed by atoms with van der Waals surface area (Å²) < 4.78 is 12.6. The molecule has 0 atom stereocenters. The maximum atomic E-state index is 6.78. The molecule has 0 saturated heterocycles. The molecule has 11 rings (SSSR count). The average Bonchev–Trinajstić information content (AvgIpc) is 3.88. The van der Waals surface area contributed by atoms with E-state index in [-0.39, 0.29) is 17.8 Å². The van der Waals surface area contributed by atoms with Crippen molar-refractivity contribution in [3.05, 3.63) is 233 Å². The fourth-order valence-electron chi connectivity index (χ4n) is 9.78. The van der Waals surface area contributed by atoms with Crippen LogP contribution in [0.3, 0.4) is 0 Å². The van der Waals surface area contributed by atoms with Crippen LogP contribution < -0.4 is 19.8 Å². The monoisotopic (exact) mass is 1090 g/mol. The number of anilines is 4. The van der Waals surface area contributed by atoms with E-state index in [0.29, 0.717) is 11.6 Å². The van der Waals surface area contributed by atoms with Gasteiger partial charge in [0.2, 0.25) is 0 Å². The first-order valence-corrected chi connectivity index (χ1v) is 25.1. The molecule has 3 heterocycles. The summed E-state index contributed by atoms with van der Waals surface area (Å²) in [7, 11) is 0. The number of benzene rings is 8. The Kier molecular flexibility index (Phi) is 11.7. The zero-order valence-electron chi connectivity index (χ0n) is 40.3. The number of fused-ring (bicyclic) bond motifs is 2. The van der Waals surface area contributed by atoms with Crippen molar-refractivity contribution in [2.45, 2.75) is 52.4 Å². The molecule has 8 aromatic carbocycles. The number of hydrogen-bond donors (Lipinski definition) is 0. The number of hydrogen-bond acceptors (Lipinski definition) is 4. The van der Waals surface area contributed by atoms with E-state index in [4.69, 9.17) is 9.72 Å². The third kappa shape index (κ3) is 8.32. The zero-order chi connectivity index (χ0) is 48.1. The van der Waals surface area contributed by atoms with Gasteiger partial charge in [0.25, 0.3) is 0 Å². The van der Waals surface area contributed by atoms with Crippen molar-refractivity contribution in [1.29, 1.82) is 0 Å². The second-order valence-corrected chi connectivity index (χ2v) is 21.1. The van der Waals surface area contributed by atoms with Crippen molar-refractivity contribution < 1.29 is 24.1 Å². The molecule has 6 nitrogen and oxygen atoms in total. The summed E-state index contributed by atoms with van der Waals surface area (Å²) in [4.78, 5) is 9.96. The van der Waals surface area contributed by atoms with E-state index >= 15 is 0 Å². The molecule has 2 aromatic heterocycles. The van der Waals surface area contributed by atoms with Gasteiger partial charge in [0.1, 0.15) is 0 Å². The predicted octanol–water partition coefficient (Wildman–Crippen LogP) is 15.3. The van der Waals surface area contributed by atoms with E-state index in [1.54, 1.807) is 0 Å². The molecule has 0 N–H and O–H groups in total. The Bertz CT molecular complexity index is 3560. The average molecular weight is 1090 g/mol. The summed E-state index contributed by atoms with van der Waals surface area (Å²) in [5.41, 5.74) is 16.0. The van der Waals surface area contributed by atoms with Crippen molar-refractivity contribution in [2.75, 3.05) is 9.62 Å². The van der Waals surface area contributed by atoms with Gasteiger partial charge in [-0.2, -0.15) is 0 Å². The molecule has 1 aliphatic rings. The van der Waals surface area contributed by atoms with Gasteiger partial charge in [-0.05, 0) is 18.2 Å². The van der Waals surface area contributed by atoms with Crippen LogP contribution in [0.2, 0.25) is 0 Å². The maximum absolute atomic E-state index is 6.78. The number of aromatic nitrogens is 3. The van der Waals surface area contributed by atoms with Gasteiger partial charge in [-0.1, -0.05) is 60.7 Å². The zero-order valence-corrected chi connectivity index (χ0v) is 42.6. The summed E-state index contributed by atoms with van der Waals surface area (Å²) in [6, 6.07) is 77.7. The minimum atomic E-state index is -0.182. The number of pyridine rings is 1. The second kappa shape index (κ2) is 18.1. The van der Waals surface area contributed by atoms with Gasteiger partial charge in [-0.3, -0.25) is 0 Å². The van der Waals surface area contributed by atoms with Gasteiger partial charge in [-0.25, -0.2) is 0 Å². The first-order chi connectivity index (χ1) is 33.9. The molecule has 0 fully saturated rings. The molecule has 0 unspecified atom stereocenters. The Morgan fingerprint density at radius 1 is 0.457 bits per heavy atom. The molecule has 346 valence electrons. The van der Waals surface area contributed by atoms with Crippen LogP contribution in [-0.4, -0.2) is 21.1 Å². The Labute approximate surface area is 422 Å². The van der Waals surface area contributed by atoms with E-state index in [1.807, 2.05) is 18.2 Å². The summed E-state index contributed by atoms with van der Waals surface area (Å²) >= 11 is 2.53. The summed E-state index contributed by atoms with van der Waals surface area (Å²) in [6.07, 6.45) is 0. The molecule has 0 amide bonds. The summed E-state index contributed by atoms with van der Waals surface area (Å²) in [5, 5.41) is 0. The SMILES string of the molecule is CC(C)(C)c1cc(-c2cccc(-c3ccccc3)c2-n2[c](=[Pt])n(-c3cccc(Oc4cccc(N5B(c6ccccc6)N(c6ccccc6)c6ccccc65)n4)c3)c3ccccc32)cc(C(C)(C)C)c1. The molecule has 10 aromatic rings. The van der Waals surface area contributed by atoms with Crippen LogP contribution in [0.1, 0.15) is 52.7 Å². The summed E-state index contributed by atoms with van der Waals surface area (Å²) in [5.74, 6) is 1.98. The number of ether oxygens (including phenoxy) is 1. The van der Waals surface area contributed by atoms with Crippen LogP contribution in [0, 0.1) is 3.80 Å².